The van der Waals surface area contributed by atoms with Gasteiger partial charge in [0.1, 0.15) is 0 Å². The molecule has 0 bridgehead atoms. The second kappa shape index (κ2) is 11.0. The van der Waals surface area contributed by atoms with Crippen LogP contribution in [0.1, 0.15) is 46.0 Å². The van der Waals surface area contributed by atoms with Gasteiger partial charge < -0.3 is 14.5 Å². The van der Waals surface area contributed by atoms with Crippen LogP contribution in [-0.2, 0) is 14.3 Å². The number of thioether (sulfide) groups is 1. The SMILES string of the molecule is CCOC(=O)C1CCN(C(=O)C(C)Sc2nnc(N3CCCCC3)n2-c2ccccc2)CC1. The summed E-state index contributed by atoms with van der Waals surface area (Å²) in [6.07, 6.45) is 4.86. The molecule has 2 aromatic rings. The summed E-state index contributed by atoms with van der Waals surface area (Å²) in [4.78, 5) is 29.3. The van der Waals surface area contributed by atoms with Crippen LogP contribution in [0.2, 0.25) is 0 Å². The van der Waals surface area contributed by atoms with Crippen LogP contribution in [0.4, 0.5) is 5.95 Å². The molecule has 1 aromatic heterocycles. The lowest BCUT2D eigenvalue weighted by atomic mass is 9.97. The van der Waals surface area contributed by atoms with Crippen molar-refractivity contribution < 1.29 is 14.3 Å². The molecule has 1 aromatic carbocycles. The number of likely N-dealkylation sites (tertiary alicyclic amines) is 1. The molecule has 0 aliphatic carbocycles. The second-order valence-corrected chi connectivity index (χ2v) is 9.92. The van der Waals surface area contributed by atoms with Crippen molar-refractivity contribution >= 4 is 29.6 Å². The van der Waals surface area contributed by atoms with E-state index in [1.165, 1.54) is 18.2 Å². The Morgan fingerprint density at radius 2 is 1.76 bits per heavy atom. The number of para-hydroxylation sites is 1. The van der Waals surface area contributed by atoms with Gasteiger partial charge >= 0.3 is 5.97 Å². The Morgan fingerprint density at radius 3 is 2.42 bits per heavy atom. The number of aromatic nitrogens is 3. The second-order valence-electron chi connectivity index (χ2n) is 8.61. The molecule has 9 heteroatoms. The standard InChI is InChI=1S/C24H33N5O3S/c1-3-32-22(31)19-12-16-27(17-13-19)21(30)18(2)33-24-26-25-23(28-14-8-5-9-15-28)29(24)20-10-6-4-7-11-20/h4,6-7,10-11,18-19H,3,5,8-9,12-17H2,1-2H3. The first-order valence-corrected chi connectivity index (χ1v) is 12.8. The molecule has 0 spiro atoms. The Balaban J connectivity index is 1.46. The topological polar surface area (TPSA) is 80.6 Å². The quantitative estimate of drug-likeness (QED) is 0.451. The highest BCUT2D eigenvalue weighted by atomic mass is 32.2. The predicted octanol–water partition coefficient (Wildman–Crippen LogP) is 3.54. The number of rotatable bonds is 7. The maximum Gasteiger partial charge on any atom is 0.309 e. The van der Waals surface area contributed by atoms with Gasteiger partial charge in [0, 0.05) is 26.2 Å². The van der Waals surface area contributed by atoms with Gasteiger partial charge in [0.05, 0.1) is 23.5 Å². The highest BCUT2D eigenvalue weighted by Crippen LogP contribution is 2.31. The summed E-state index contributed by atoms with van der Waals surface area (Å²) in [6.45, 7) is 7.25. The van der Waals surface area contributed by atoms with E-state index < -0.39 is 0 Å². The predicted molar refractivity (Wildman–Crippen MR) is 129 cm³/mol. The van der Waals surface area contributed by atoms with Gasteiger partial charge in [-0.3, -0.25) is 14.2 Å². The molecule has 2 saturated heterocycles. The molecule has 2 aliphatic rings. The summed E-state index contributed by atoms with van der Waals surface area (Å²) in [5, 5.41) is 9.45. The van der Waals surface area contributed by atoms with Crippen LogP contribution >= 0.6 is 11.8 Å². The number of carbonyl (C=O) groups is 2. The molecule has 33 heavy (non-hydrogen) atoms. The van der Waals surface area contributed by atoms with Crippen LogP contribution < -0.4 is 4.90 Å². The summed E-state index contributed by atoms with van der Waals surface area (Å²) in [6, 6.07) is 10.1. The number of anilines is 1. The van der Waals surface area contributed by atoms with Gasteiger partial charge in [0.2, 0.25) is 11.9 Å². The van der Waals surface area contributed by atoms with Crippen LogP contribution in [0.5, 0.6) is 0 Å². The highest BCUT2D eigenvalue weighted by molar-refractivity contribution is 8.00. The van der Waals surface area contributed by atoms with Crippen molar-refractivity contribution in [2.75, 3.05) is 37.7 Å². The fourth-order valence-electron chi connectivity index (χ4n) is 4.50. The molecular formula is C24H33N5O3S. The summed E-state index contributed by atoms with van der Waals surface area (Å²) < 4.78 is 7.22. The number of nitrogens with zero attached hydrogens (tertiary/aromatic N) is 5. The molecule has 3 heterocycles. The van der Waals surface area contributed by atoms with Gasteiger partial charge in [-0.05, 0) is 58.1 Å². The summed E-state index contributed by atoms with van der Waals surface area (Å²) in [5.74, 6) is 0.668. The fraction of sp³-hybridized carbons (Fsp3) is 0.583. The molecule has 1 amide bonds. The van der Waals surface area contributed by atoms with Crippen LogP contribution in [-0.4, -0.2) is 69.6 Å². The van der Waals surface area contributed by atoms with E-state index >= 15 is 0 Å². The number of piperidine rings is 2. The fourth-order valence-corrected chi connectivity index (χ4v) is 5.45. The summed E-state index contributed by atoms with van der Waals surface area (Å²) >= 11 is 1.45. The van der Waals surface area contributed by atoms with Crippen LogP contribution in [0.25, 0.3) is 5.69 Å². The number of carbonyl (C=O) groups excluding carboxylic acids is 2. The van der Waals surface area contributed by atoms with E-state index in [0.29, 0.717) is 32.5 Å². The maximum absolute atomic E-state index is 13.2. The number of hydrogen-bond donors (Lipinski definition) is 0. The Bertz CT molecular complexity index is 937. The molecule has 2 aliphatic heterocycles. The molecule has 2 fully saturated rings. The average molecular weight is 472 g/mol. The van der Waals surface area contributed by atoms with E-state index in [0.717, 1.165) is 42.7 Å². The van der Waals surface area contributed by atoms with Gasteiger partial charge in [-0.1, -0.05) is 30.0 Å². The summed E-state index contributed by atoms with van der Waals surface area (Å²) in [7, 11) is 0. The van der Waals surface area contributed by atoms with Gasteiger partial charge in [0.15, 0.2) is 5.16 Å². The van der Waals surface area contributed by atoms with E-state index in [1.54, 1.807) is 0 Å². The molecule has 1 atom stereocenters. The van der Waals surface area contributed by atoms with Crippen molar-refractivity contribution in [2.45, 2.75) is 56.4 Å². The van der Waals surface area contributed by atoms with E-state index in [-0.39, 0.29) is 23.0 Å². The lowest BCUT2D eigenvalue weighted by Gasteiger charge is -2.32. The van der Waals surface area contributed by atoms with E-state index in [1.807, 2.05) is 49.1 Å². The molecule has 0 radical (unpaired) electrons. The van der Waals surface area contributed by atoms with Crippen LogP contribution in [0, 0.1) is 5.92 Å². The lowest BCUT2D eigenvalue weighted by molar-refractivity contribution is -0.151. The first-order valence-electron chi connectivity index (χ1n) is 12.0. The highest BCUT2D eigenvalue weighted by Gasteiger charge is 2.31. The zero-order valence-electron chi connectivity index (χ0n) is 19.5. The number of amides is 1. The van der Waals surface area contributed by atoms with E-state index in [9.17, 15) is 9.59 Å². The van der Waals surface area contributed by atoms with E-state index in [2.05, 4.69) is 19.7 Å². The average Bonchev–Trinajstić information content (AvgIpc) is 3.28. The van der Waals surface area contributed by atoms with Crippen molar-refractivity contribution in [3.8, 4) is 5.69 Å². The molecule has 1 unspecified atom stereocenters. The molecule has 8 nitrogen and oxygen atoms in total. The van der Waals surface area contributed by atoms with Gasteiger partial charge in [-0.15, -0.1) is 10.2 Å². The van der Waals surface area contributed by atoms with Crippen LogP contribution in [0.3, 0.4) is 0 Å². The van der Waals surface area contributed by atoms with Gasteiger partial charge in [-0.2, -0.15) is 0 Å². The Hall–Kier alpha value is -2.55. The smallest absolute Gasteiger partial charge is 0.309 e. The third-order valence-electron chi connectivity index (χ3n) is 6.33. The maximum atomic E-state index is 13.2. The van der Waals surface area contributed by atoms with Gasteiger partial charge in [-0.25, -0.2) is 0 Å². The Kier molecular flexibility index (Phi) is 7.90. The zero-order chi connectivity index (χ0) is 23.2. The molecule has 4 rings (SSSR count). The minimum Gasteiger partial charge on any atom is -0.466 e. The minimum absolute atomic E-state index is 0.0736. The first kappa shape index (κ1) is 23.6. The lowest BCUT2D eigenvalue weighted by Crippen LogP contribution is -2.43. The largest absolute Gasteiger partial charge is 0.466 e. The third kappa shape index (κ3) is 5.51. The molecule has 178 valence electrons. The van der Waals surface area contributed by atoms with Crippen molar-refractivity contribution in [3.63, 3.8) is 0 Å². The third-order valence-corrected chi connectivity index (χ3v) is 7.36. The molecule has 0 saturated carbocycles. The monoisotopic (exact) mass is 471 g/mol. The number of esters is 1. The van der Waals surface area contributed by atoms with Gasteiger partial charge in [0.25, 0.3) is 0 Å². The normalized spacial score (nSPS) is 18.2. The van der Waals surface area contributed by atoms with Crippen molar-refractivity contribution in [1.29, 1.82) is 0 Å². The number of ether oxygens (including phenoxy) is 1. The van der Waals surface area contributed by atoms with Crippen LogP contribution in [0.15, 0.2) is 35.5 Å². The van der Waals surface area contributed by atoms with Crippen molar-refractivity contribution in [2.24, 2.45) is 5.92 Å². The van der Waals surface area contributed by atoms with E-state index in [4.69, 9.17) is 4.74 Å². The Labute approximate surface area is 199 Å². The summed E-state index contributed by atoms with van der Waals surface area (Å²) in [5.41, 5.74) is 1.00. The minimum atomic E-state index is -0.301. The van der Waals surface area contributed by atoms with Crippen molar-refractivity contribution in [3.05, 3.63) is 30.3 Å². The number of hydrogen-bond acceptors (Lipinski definition) is 7. The Morgan fingerprint density at radius 1 is 1.06 bits per heavy atom. The molecular weight excluding hydrogens is 438 g/mol. The number of benzene rings is 1. The zero-order valence-corrected chi connectivity index (χ0v) is 20.3. The molecule has 0 N–H and O–H groups in total. The first-order chi connectivity index (χ1) is 16.1. The van der Waals surface area contributed by atoms with Crippen molar-refractivity contribution in [1.82, 2.24) is 19.7 Å².